The first-order valence-electron chi connectivity index (χ1n) is 4.39. The van der Waals surface area contributed by atoms with Crippen LogP contribution in [0.15, 0.2) is 18.2 Å². The van der Waals surface area contributed by atoms with Crippen molar-refractivity contribution >= 4 is 0 Å². The van der Waals surface area contributed by atoms with Gasteiger partial charge in [0.15, 0.2) is 0 Å². The monoisotopic (exact) mass is 181 g/mol. The van der Waals surface area contributed by atoms with E-state index < -0.39 is 0 Å². The van der Waals surface area contributed by atoms with Crippen LogP contribution in [0.3, 0.4) is 0 Å². The Balaban J connectivity index is 2.26. The van der Waals surface area contributed by atoms with Crippen LogP contribution in [0.25, 0.3) is 0 Å². The van der Waals surface area contributed by atoms with Crippen molar-refractivity contribution in [2.75, 3.05) is 6.67 Å². The van der Waals surface area contributed by atoms with Crippen molar-refractivity contribution < 1.29 is 9.50 Å². The summed E-state index contributed by atoms with van der Waals surface area (Å²) in [6.45, 7) is 0.318. The number of halogens is 1. The summed E-state index contributed by atoms with van der Waals surface area (Å²) in [4.78, 5) is 0. The van der Waals surface area contributed by atoms with Crippen LogP contribution in [0.2, 0.25) is 0 Å². The van der Waals surface area contributed by atoms with Gasteiger partial charge in [0.1, 0.15) is 12.4 Å². The number of phenolic OH excluding ortho intramolecular Hbond substituents is 1. The molecule has 2 rings (SSSR count). The van der Waals surface area contributed by atoms with Gasteiger partial charge in [0.25, 0.3) is 0 Å². The second kappa shape index (κ2) is 3.34. The van der Waals surface area contributed by atoms with E-state index in [-0.39, 0.29) is 18.5 Å². The summed E-state index contributed by atoms with van der Waals surface area (Å²) in [6, 6.07) is 5.20. The summed E-state index contributed by atoms with van der Waals surface area (Å²) in [5.41, 5.74) is 2.21. The van der Waals surface area contributed by atoms with E-state index in [0.717, 1.165) is 11.1 Å². The molecule has 1 aliphatic rings. The van der Waals surface area contributed by atoms with E-state index in [0.29, 0.717) is 13.0 Å². The number of alkyl halides is 1. The molecule has 1 aliphatic heterocycles. The van der Waals surface area contributed by atoms with Gasteiger partial charge in [0.05, 0.1) is 0 Å². The first-order chi connectivity index (χ1) is 6.29. The fraction of sp³-hybridized carbons (Fsp3) is 0.400. The molecule has 0 amide bonds. The van der Waals surface area contributed by atoms with Crippen LogP contribution in [0.5, 0.6) is 5.75 Å². The number of rotatable bonds is 1. The zero-order valence-corrected chi connectivity index (χ0v) is 7.26. The third-order valence-electron chi connectivity index (χ3n) is 2.42. The average Bonchev–Trinajstić information content (AvgIpc) is 2.17. The highest BCUT2D eigenvalue weighted by atomic mass is 19.1. The summed E-state index contributed by atoms with van der Waals surface area (Å²) in [5.74, 6) is 0.277. The predicted molar refractivity (Wildman–Crippen MR) is 48.4 cm³/mol. The first-order valence-corrected chi connectivity index (χ1v) is 4.39. The normalized spacial score (nSPS) is 21.2. The standard InChI is InChI=1S/C10H12FNO/c11-5-9-3-7-1-2-10(13)4-8(7)6-12-9/h1-2,4,9,12-13H,3,5-6H2. The van der Waals surface area contributed by atoms with Gasteiger partial charge in [-0.1, -0.05) is 6.07 Å². The molecular formula is C10H12FNO. The van der Waals surface area contributed by atoms with Gasteiger partial charge in [-0.2, -0.15) is 0 Å². The lowest BCUT2D eigenvalue weighted by atomic mass is 9.96. The summed E-state index contributed by atoms with van der Waals surface area (Å²) < 4.78 is 12.3. The molecule has 0 bridgehead atoms. The van der Waals surface area contributed by atoms with Crippen LogP contribution in [0.4, 0.5) is 4.39 Å². The molecule has 0 aliphatic carbocycles. The summed E-state index contributed by atoms with van der Waals surface area (Å²) in [6.07, 6.45) is 0.714. The van der Waals surface area contributed by atoms with Crippen molar-refractivity contribution in [3.8, 4) is 5.75 Å². The van der Waals surface area contributed by atoms with Crippen LogP contribution in [0.1, 0.15) is 11.1 Å². The Morgan fingerprint density at radius 2 is 2.31 bits per heavy atom. The number of phenols is 1. The van der Waals surface area contributed by atoms with Crippen molar-refractivity contribution in [2.24, 2.45) is 0 Å². The highest BCUT2D eigenvalue weighted by molar-refractivity contribution is 5.36. The molecule has 0 spiro atoms. The van der Waals surface area contributed by atoms with Crippen LogP contribution in [-0.2, 0) is 13.0 Å². The molecule has 3 heteroatoms. The number of nitrogens with one attached hydrogen (secondary N) is 1. The van der Waals surface area contributed by atoms with Gasteiger partial charge in [-0.05, 0) is 29.7 Å². The second-order valence-corrected chi connectivity index (χ2v) is 3.39. The number of aromatic hydroxyl groups is 1. The van der Waals surface area contributed by atoms with Crippen LogP contribution >= 0.6 is 0 Å². The molecule has 2 nitrogen and oxygen atoms in total. The molecule has 1 unspecified atom stereocenters. The molecule has 13 heavy (non-hydrogen) atoms. The van der Waals surface area contributed by atoms with E-state index in [1.54, 1.807) is 12.1 Å². The van der Waals surface area contributed by atoms with Gasteiger partial charge in [-0.3, -0.25) is 0 Å². The second-order valence-electron chi connectivity index (χ2n) is 3.39. The van der Waals surface area contributed by atoms with Crippen molar-refractivity contribution in [3.63, 3.8) is 0 Å². The maximum atomic E-state index is 12.3. The number of fused-ring (bicyclic) bond motifs is 1. The van der Waals surface area contributed by atoms with Gasteiger partial charge >= 0.3 is 0 Å². The van der Waals surface area contributed by atoms with Crippen molar-refractivity contribution in [1.82, 2.24) is 5.32 Å². The molecule has 0 fully saturated rings. The molecule has 0 saturated heterocycles. The Morgan fingerprint density at radius 1 is 1.46 bits per heavy atom. The van der Waals surface area contributed by atoms with E-state index in [9.17, 15) is 9.50 Å². The molecule has 1 aromatic carbocycles. The van der Waals surface area contributed by atoms with Crippen LogP contribution in [-0.4, -0.2) is 17.8 Å². The summed E-state index contributed by atoms with van der Waals surface area (Å²) in [5, 5.41) is 12.3. The van der Waals surface area contributed by atoms with Crippen LogP contribution in [0, 0.1) is 0 Å². The van der Waals surface area contributed by atoms with E-state index in [2.05, 4.69) is 5.32 Å². The summed E-state index contributed by atoms with van der Waals surface area (Å²) >= 11 is 0. The highest BCUT2D eigenvalue weighted by Crippen LogP contribution is 2.21. The highest BCUT2D eigenvalue weighted by Gasteiger charge is 2.17. The third kappa shape index (κ3) is 1.65. The van der Waals surface area contributed by atoms with Crippen LogP contribution < -0.4 is 5.32 Å². The molecule has 1 atom stereocenters. The minimum absolute atomic E-state index is 0.0583. The fourth-order valence-corrected chi connectivity index (χ4v) is 1.68. The van der Waals surface area contributed by atoms with Gasteiger partial charge in [0, 0.05) is 12.6 Å². The average molecular weight is 181 g/mol. The predicted octanol–water partition coefficient (Wildman–Crippen LogP) is 1.38. The van der Waals surface area contributed by atoms with E-state index >= 15 is 0 Å². The van der Waals surface area contributed by atoms with Gasteiger partial charge < -0.3 is 10.4 Å². The SMILES string of the molecule is Oc1ccc2c(c1)CNC(CF)C2. The molecule has 2 N–H and O–H groups in total. The van der Waals surface area contributed by atoms with Gasteiger partial charge in [-0.15, -0.1) is 0 Å². The number of benzene rings is 1. The van der Waals surface area contributed by atoms with Crippen molar-refractivity contribution in [2.45, 2.75) is 19.0 Å². The molecule has 70 valence electrons. The zero-order chi connectivity index (χ0) is 9.26. The quantitative estimate of drug-likeness (QED) is 0.686. The lowest BCUT2D eigenvalue weighted by molar-refractivity contribution is 0.358. The van der Waals surface area contributed by atoms with E-state index in [1.807, 2.05) is 6.07 Å². The molecule has 0 saturated carbocycles. The molecule has 1 aromatic rings. The Kier molecular flexibility index (Phi) is 2.19. The van der Waals surface area contributed by atoms with E-state index in [1.165, 1.54) is 0 Å². The first kappa shape index (κ1) is 8.51. The Labute approximate surface area is 76.4 Å². The molecular weight excluding hydrogens is 169 g/mol. The number of hydrogen-bond donors (Lipinski definition) is 2. The summed E-state index contributed by atoms with van der Waals surface area (Å²) in [7, 11) is 0. The molecule has 0 aromatic heterocycles. The van der Waals surface area contributed by atoms with Gasteiger partial charge in [0.2, 0.25) is 0 Å². The topological polar surface area (TPSA) is 32.3 Å². The van der Waals surface area contributed by atoms with Crippen molar-refractivity contribution in [1.29, 1.82) is 0 Å². The lowest BCUT2D eigenvalue weighted by Gasteiger charge is -2.23. The largest absolute Gasteiger partial charge is 0.508 e. The molecule has 1 heterocycles. The third-order valence-corrected chi connectivity index (χ3v) is 2.42. The fourth-order valence-electron chi connectivity index (χ4n) is 1.68. The van der Waals surface area contributed by atoms with E-state index in [4.69, 9.17) is 0 Å². The lowest BCUT2D eigenvalue weighted by Crippen LogP contribution is -2.36. The maximum Gasteiger partial charge on any atom is 0.115 e. The smallest absolute Gasteiger partial charge is 0.115 e. The van der Waals surface area contributed by atoms with Crippen molar-refractivity contribution in [3.05, 3.63) is 29.3 Å². The van der Waals surface area contributed by atoms with Gasteiger partial charge in [-0.25, -0.2) is 4.39 Å². The molecule has 0 radical (unpaired) electrons. The zero-order valence-electron chi connectivity index (χ0n) is 7.26. The minimum Gasteiger partial charge on any atom is -0.508 e. The Hall–Kier alpha value is -1.09. The Morgan fingerprint density at radius 3 is 3.08 bits per heavy atom. The minimum atomic E-state index is -0.333. The Bertz CT molecular complexity index is 314. The number of hydrogen-bond acceptors (Lipinski definition) is 2. The maximum absolute atomic E-state index is 12.3.